The molecule has 0 bridgehead atoms. The van der Waals surface area contributed by atoms with Crippen LogP contribution >= 0.6 is 0 Å². The summed E-state index contributed by atoms with van der Waals surface area (Å²) < 4.78 is 10.6. The van der Waals surface area contributed by atoms with E-state index in [-0.39, 0.29) is 0 Å². The summed E-state index contributed by atoms with van der Waals surface area (Å²) in [4.78, 5) is 0. The van der Waals surface area contributed by atoms with Crippen molar-refractivity contribution in [3.63, 3.8) is 0 Å². The Labute approximate surface area is 67.7 Å². The van der Waals surface area contributed by atoms with Crippen LogP contribution in [0.4, 0.5) is 0 Å². The first-order valence-electron chi connectivity index (χ1n) is 3.68. The van der Waals surface area contributed by atoms with Gasteiger partial charge < -0.3 is 8.85 Å². The maximum absolute atomic E-state index is 5.31. The topological polar surface area (TPSA) is 18.5 Å². The molecular formula is C6H14O2Si2. The van der Waals surface area contributed by atoms with E-state index in [1.807, 2.05) is 0 Å². The molecule has 0 radical (unpaired) electrons. The van der Waals surface area contributed by atoms with E-state index in [2.05, 4.69) is 0 Å². The van der Waals surface area contributed by atoms with Crippen LogP contribution in [0, 0.1) is 0 Å². The van der Waals surface area contributed by atoms with E-state index in [0.29, 0.717) is 0 Å². The first kappa shape index (κ1) is 7.88. The Bertz CT molecular complexity index is 129. The molecule has 0 aromatic heterocycles. The van der Waals surface area contributed by atoms with Crippen LogP contribution in [0.25, 0.3) is 0 Å². The third-order valence-electron chi connectivity index (χ3n) is 1.86. The first-order chi connectivity index (χ1) is 4.88. The second kappa shape index (κ2) is 3.82. The maximum atomic E-state index is 5.31. The van der Waals surface area contributed by atoms with Crippen LogP contribution in [0.5, 0.6) is 0 Å². The molecule has 0 aliphatic heterocycles. The molecule has 0 saturated heterocycles. The molecule has 0 fully saturated rings. The second-order valence-electron chi connectivity index (χ2n) is 2.46. The van der Waals surface area contributed by atoms with Gasteiger partial charge in [0.05, 0.1) is 0 Å². The van der Waals surface area contributed by atoms with Gasteiger partial charge in [0.1, 0.15) is 11.5 Å². The number of rotatable bonds is 2. The summed E-state index contributed by atoms with van der Waals surface area (Å²) in [5.41, 5.74) is 0. The molecule has 0 aromatic rings. The molecule has 0 saturated carbocycles. The summed E-state index contributed by atoms with van der Waals surface area (Å²) in [6.07, 6.45) is 4.74. The average molecular weight is 174 g/mol. The third kappa shape index (κ3) is 1.63. The lowest BCUT2D eigenvalue weighted by atomic mass is 10.1. The smallest absolute Gasteiger partial charge is 0.203 e. The van der Waals surface area contributed by atoms with Gasteiger partial charge in [-0.1, -0.05) is 0 Å². The minimum absolute atomic E-state index is 0.800. The largest absolute Gasteiger partial charge is 0.554 e. The molecule has 2 nitrogen and oxygen atoms in total. The molecule has 0 spiro atoms. The van der Waals surface area contributed by atoms with Crippen molar-refractivity contribution >= 4 is 21.0 Å². The predicted octanol–water partition coefficient (Wildman–Crippen LogP) is -0.634. The summed E-state index contributed by atoms with van der Waals surface area (Å²) in [6, 6.07) is 0. The fourth-order valence-corrected chi connectivity index (χ4v) is 2.15. The molecule has 1 aliphatic carbocycles. The zero-order valence-corrected chi connectivity index (χ0v) is 10.6. The molecule has 0 N–H and O–H groups in total. The molecule has 0 aromatic carbocycles. The van der Waals surface area contributed by atoms with Crippen LogP contribution in [0.15, 0.2) is 11.5 Å². The Kier molecular flexibility index (Phi) is 3.01. The Morgan fingerprint density at radius 3 is 1.60 bits per heavy atom. The van der Waals surface area contributed by atoms with Crippen LogP contribution in [0.2, 0.25) is 0 Å². The van der Waals surface area contributed by atoms with Gasteiger partial charge in [-0.2, -0.15) is 0 Å². The van der Waals surface area contributed by atoms with E-state index in [4.69, 9.17) is 8.85 Å². The quantitative estimate of drug-likeness (QED) is 0.519. The molecule has 0 unspecified atom stereocenters. The van der Waals surface area contributed by atoms with Crippen LogP contribution in [0.3, 0.4) is 0 Å². The van der Waals surface area contributed by atoms with E-state index in [0.717, 1.165) is 45.3 Å². The van der Waals surface area contributed by atoms with Crippen LogP contribution in [-0.2, 0) is 8.85 Å². The highest BCUT2D eigenvalue weighted by molar-refractivity contribution is 5.99. The van der Waals surface area contributed by atoms with E-state index in [9.17, 15) is 0 Å². The molecule has 4 heteroatoms. The van der Waals surface area contributed by atoms with Gasteiger partial charge in [0, 0.05) is 12.8 Å². The Hall–Kier alpha value is -0.226. The van der Waals surface area contributed by atoms with Gasteiger partial charge in [-0.3, -0.25) is 0 Å². The lowest BCUT2D eigenvalue weighted by Gasteiger charge is -2.18. The molecule has 1 rings (SSSR count). The van der Waals surface area contributed by atoms with Gasteiger partial charge in [-0.05, 0) is 12.8 Å². The number of allylic oxidation sites excluding steroid dienone is 2. The molecule has 0 atom stereocenters. The molecule has 0 heterocycles. The Balaban J connectivity index is 2.63. The van der Waals surface area contributed by atoms with Crippen molar-refractivity contribution < 1.29 is 8.85 Å². The monoisotopic (exact) mass is 174 g/mol. The number of hydrogen-bond donors (Lipinski definition) is 0. The second-order valence-corrected chi connectivity index (χ2v) is 3.28. The fraction of sp³-hybridized carbons (Fsp3) is 0.667. The van der Waals surface area contributed by atoms with E-state index in [1.165, 1.54) is 12.8 Å². The third-order valence-corrected chi connectivity index (χ3v) is 2.85. The Morgan fingerprint density at radius 1 is 0.900 bits per heavy atom. The standard InChI is InChI=1S/C6H14O2Si2/c9-7-5-3-1-2-4-6(5)8-10/h1-4H2,9-10H3. The maximum Gasteiger partial charge on any atom is 0.203 e. The summed E-state index contributed by atoms with van der Waals surface area (Å²) in [5.74, 6) is 2.26. The normalized spacial score (nSPS) is 19.6. The minimum atomic E-state index is 0.800. The van der Waals surface area contributed by atoms with Gasteiger partial charge in [-0.25, -0.2) is 0 Å². The van der Waals surface area contributed by atoms with Gasteiger partial charge in [0.15, 0.2) is 0 Å². The highest BCUT2D eigenvalue weighted by Crippen LogP contribution is 2.24. The number of hydrogen-bond acceptors (Lipinski definition) is 2. The van der Waals surface area contributed by atoms with Crippen LogP contribution in [0.1, 0.15) is 25.7 Å². The van der Waals surface area contributed by atoms with E-state index < -0.39 is 0 Å². The SMILES string of the molecule is [SiH3]OC1=C(O[SiH3])CCCC1. The van der Waals surface area contributed by atoms with Gasteiger partial charge in [0.25, 0.3) is 0 Å². The molecule has 1 aliphatic rings. The molecule has 0 amide bonds. The lowest BCUT2D eigenvalue weighted by molar-refractivity contribution is 0.324. The van der Waals surface area contributed by atoms with Gasteiger partial charge in [-0.15, -0.1) is 0 Å². The van der Waals surface area contributed by atoms with Crippen LogP contribution in [-0.4, -0.2) is 21.0 Å². The summed E-state index contributed by atoms with van der Waals surface area (Å²) in [5, 5.41) is 0. The molecular weight excluding hydrogens is 160 g/mol. The highest BCUT2D eigenvalue weighted by atomic mass is 28.2. The first-order valence-corrected chi connectivity index (χ1v) is 5.31. The Morgan fingerprint density at radius 2 is 1.30 bits per heavy atom. The minimum Gasteiger partial charge on any atom is -0.554 e. The van der Waals surface area contributed by atoms with E-state index >= 15 is 0 Å². The summed E-state index contributed by atoms with van der Waals surface area (Å²) in [6.45, 7) is 0. The van der Waals surface area contributed by atoms with Crippen molar-refractivity contribution in [2.75, 3.05) is 0 Å². The lowest BCUT2D eigenvalue weighted by Crippen LogP contribution is -2.03. The van der Waals surface area contributed by atoms with Crippen molar-refractivity contribution in [3.8, 4) is 0 Å². The van der Waals surface area contributed by atoms with Gasteiger partial charge >= 0.3 is 0 Å². The van der Waals surface area contributed by atoms with Crippen molar-refractivity contribution in [1.29, 1.82) is 0 Å². The van der Waals surface area contributed by atoms with Crippen molar-refractivity contribution in [2.45, 2.75) is 25.7 Å². The zero-order chi connectivity index (χ0) is 7.40. The van der Waals surface area contributed by atoms with Crippen molar-refractivity contribution in [1.82, 2.24) is 0 Å². The highest BCUT2D eigenvalue weighted by Gasteiger charge is 2.11. The fourth-order valence-electron chi connectivity index (χ4n) is 1.28. The summed E-state index contributed by atoms with van der Waals surface area (Å²) >= 11 is 0. The van der Waals surface area contributed by atoms with Crippen molar-refractivity contribution in [3.05, 3.63) is 11.5 Å². The van der Waals surface area contributed by atoms with Crippen LogP contribution < -0.4 is 0 Å². The predicted molar refractivity (Wildman–Crippen MR) is 47.5 cm³/mol. The molecule has 58 valence electrons. The van der Waals surface area contributed by atoms with E-state index in [1.54, 1.807) is 0 Å². The van der Waals surface area contributed by atoms with Crippen molar-refractivity contribution in [2.24, 2.45) is 0 Å². The van der Waals surface area contributed by atoms with Gasteiger partial charge in [0.2, 0.25) is 21.0 Å². The zero-order valence-electron chi connectivity index (χ0n) is 6.64. The summed E-state index contributed by atoms with van der Waals surface area (Å²) in [7, 11) is 1.60. The molecule has 10 heavy (non-hydrogen) atoms. The average Bonchev–Trinajstić information content (AvgIpc) is 2.04.